The zero-order valence-electron chi connectivity index (χ0n) is 13.7. The smallest absolute Gasteiger partial charge is 0.0582 e. The van der Waals surface area contributed by atoms with Crippen molar-refractivity contribution in [2.24, 2.45) is 0 Å². The predicted octanol–water partition coefficient (Wildman–Crippen LogP) is 3.94. The van der Waals surface area contributed by atoms with Crippen molar-refractivity contribution in [3.63, 3.8) is 0 Å². The van der Waals surface area contributed by atoms with E-state index in [9.17, 15) is 0 Å². The molecule has 1 heterocycles. The zero-order valence-corrected chi connectivity index (χ0v) is 13.7. The Hall–Kier alpha value is -2.06. The van der Waals surface area contributed by atoms with Crippen LogP contribution in [0.25, 0.3) is 6.08 Å². The Labute approximate surface area is 133 Å². The monoisotopic (exact) mass is 292 g/mol. The Morgan fingerprint density at radius 2 is 1.91 bits per heavy atom. The molecule has 0 aliphatic carbocycles. The summed E-state index contributed by atoms with van der Waals surface area (Å²) in [5.41, 5.74) is 7.99. The van der Waals surface area contributed by atoms with Crippen LogP contribution in [0.2, 0.25) is 0 Å². The largest absolute Gasteiger partial charge is 0.377 e. The molecule has 0 radical (unpaired) electrons. The van der Waals surface area contributed by atoms with Gasteiger partial charge in [-0.15, -0.1) is 0 Å². The first kappa shape index (κ1) is 14.9. The van der Waals surface area contributed by atoms with Gasteiger partial charge in [0.05, 0.1) is 6.04 Å². The number of nitrogens with one attached hydrogen (secondary N) is 1. The van der Waals surface area contributed by atoms with Gasteiger partial charge in [0.1, 0.15) is 0 Å². The van der Waals surface area contributed by atoms with Gasteiger partial charge >= 0.3 is 0 Å². The summed E-state index contributed by atoms with van der Waals surface area (Å²) >= 11 is 0. The highest BCUT2D eigenvalue weighted by molar-refractivity contribution is 5.71. The maximum Gasteiger partial charge on any atom is 0.0582 e. The van der Waals surface area contributed by atoms with Crippen molar-refractivity contribution in [2.45, 2.75) is 19.4 Å². The van der Waals surface area contributed by atoms with Gasteiger partial charge in [-0.1, -0.05) is 43.0 Å². The molecule has 0 fully saturated rings. The fraction of sp³-hybridized carbons (Fsp3) is 0.300. The molecule has 2 aromatic carbocycles. The van der Waals surface area contributed by atoms with Gasteiger partial charge in [-0.3, -0.25) is 0 Å². The molecule has 1 aliphatic heterocycles. The number of benzene rings is 2. The van der Waals surface area contributed by atoms with Crippen molar-refractivity contribution in [1.82, 2.24) is 5.32 Å². The number of nitrogens with zero attached hydrogens (tertiary/aromatic N) is 1. The summed E-state index contributed by atoms with van der Waals surface area (Å²) in [6.45, 7) is 7.25. The van der Waals surface area contributed by atoms with Gasteiger partial charge in [0.15, 0.2) is 0 Å². The van der Waals surface area contributed by atoms with Gasteiger partial charge < -0.3 is 10.2 Å². The van der Waals surface area contributed by atoms with Crippen molar-refractivity contribution in [3.8, 4) is 0 Å². The van der Waals surface area contributed by atoms with Gasteiger partial charge in [0, 0.05) is 31.9 Å². The summed E-state index contributed by atoms with van der Waals surface area (Å²) in [6, 6.07) is 13.5. The van der Waals surface area contributed by atoms with Gasteiger partial charge in [-0.25, -0.2) is 0 Å². The Morgan fingerprint density at radius 1 is 1.14 bits per heavy atom. The minimum absolute atomic E-state index is 0.278. The van der Waals surface area contributed by atoms with E-state index in [1.54, 1.807) is 0 Å². The van der Waals surface area contributed by atoms with Crippen molar-refractivity contribution in [2.75, 3.05) is 25.5 Å². The molecule has 0 spiro atoms. The van der Waals surface area contributed by atoms with Crippen molar-refractivity contribution >= 4 is 11.8 Å². The lowest BCUT2D eigenvalue weighted by Crippen LogP contribution is -2.31. The van der Waals surface area contributed by atoms with Crippen molar-refractivity contribution in [3.05, 3.63) is 70.8 Å². The van der Waals surface area contributed by atoms with Crippen LogP contribution in [0.15, 0.2) is 43.0 Å². The summed E-state index contributed by atoms with van der Waals surface area (Å²) in [5, 5.41) is 3.68. The van der Waals surface area contributed by atoms with E-state index >= 15 is 0 Å². The van der Waals surface area contributed by atoms with Gasteiger partial charge in [0.2, 0.25) is 0 Å². The molecule has 114 valence electrons. The fourth-order valence-corrected chi connectivity index (χ4v) is 3.47. The minimum Gasteiger partial charge on any atom is -0.377 e. The fourth-order valence-electron chi connectivity index (χ4n) is 3.47. The first-order valence-electron chi connectivity index (χ1n) is 7.88. The quantitative estimate of drug-likeness (QED) is 0.922. The third-order valence-corrected chi connectivity index (χ3v) is 4.64. The maximum absolute atomic E-state index is 4.02. The topological polar surface area (TPSA) is 15.3 Å². The molecule has 0 amide bonds. The molecular weight excluding hydrogens is 268 g/mol. The molecule has 22 heavy (non-hydrogen) atoms. The molecule has 0 saturated heterocycles. The van der Waals surface area contributed by atoms with Crippen molar-refractivity contribution in [1.29, 1.82) is 0 Å². The molecule has 0 bridgehead atoms. The molecule has 3 rings (SSSR count). The second kappa shape index (κ2) is 5.98. The molecular formula is C20H24N2. The van der Waals surface area contributed by atoms with Gasteiger partial charge in [-0.05, 0) is 41.7 Å². The van der Waals surface area contributed by atoms with E-state index in [0.717, 1.165) is 13.0 Å². The molecule has 1 N–H and O–H groups in total. The number of anilines is 1. The van der Waals surface area contributed by atoms with E-state index in [1.165, 1.54) is 33.5 Å². The Balaban J connectivity index is 2.12. The second-order valence-corrected chi connectivity index (χ2v) is 6.15. The summed E-state index contributed by atoms with van der Waals surface area (Å²) in [4.78, 5) is 2.15. The van der Waals surface area contributed by atoms with Crippen LogP contribution in [0.5, 0.6) is 0 Å². The lowest BCUT2D eigenvalue weighted by atomic mass is 9.86. The van der Waals surface area contributed by atoms with E-state index in [4.69, 9.17) is 0 Å². The summed E-state index contributed by atoms with van der Waals surface area (Å²) in [7, 11) is 4.16. The van der Waals surface area contributed by atoms with Crippen molar-refractivity contribution < 1.29 is 0 Å². The number of hydrogen-bond donors (Lipinski definition) is 1. The van der Waals surface area contributed by atoms with Gasteiger partial charge in [0.25, 0.3) is 0 Å². The lowest BCUT2D eigenvalue weighted by molar-refractivity contribution is 0.566. The first-order chi connectivity index (χ1) is 10.6. The SMILES string of the molecule is C=Cc1c(N(C)C)ccc(C2NCCc3ccccc32)c1C. The maximum atomic E-state index is 4.02. The van der Waals surface area contributed by atoms with Crippen LogP contribution >= 0.6 is 0 Å². The highest BCUT2D eigenvalue weighted by Gasteiger charge is 2.23. The van der Waals surface area contributed by atoms with Crippen LogP contribution < -0.4 is 10.2 Å². The molecule has 2 nitrogen and oxygen atoms in total. The minimum atomic E-state index is 0.278. The standard InChI is InChI=1S/C20H24N2/c1-5-16-14(2)17(10-11-19(16)22(3)4)20-18-9-7-6-8-15(18)12-13-21-20/h5-11,20-21H,1,12-13H2,2-4H3. The zero-order chi connectivity index (χ0) is 15.7. The number of rotatable bonds is 3. The summed E-state index contributed by atoms with van der Waals surface area (Å²) in [6.07, 6.45) is 3.08. The molecule has 0 aromatic heterocycles. The van der Waals surface area contributed by atoms with Crippen LogP contribution in [0.3, 0.4) is 0 Å². The molecule has 1 atom stereocenters. The highest BCUT2D eigenvalue weighted by Crippen LogP contribution is 2.34. The summed E-state index contributed by atoms with van der Waals surface area (Å²) < 4.78 is 0. The third kappa shape index (κ3) is 2.44. The lowest BCUT2D eigenvalue weighted by Gasteiger charge is -2.30. The second-order valence-electron chi connectivity index (χ2n) is 6.15. The Bertz CT molecular complexity index is 701. The first-order valence-corrected chi connectivity index (χ1v) is 7.88. The molecule has 2 heteroatoms. The van der Waals surface area contributed by atoms with Crippen LogP contribution in [0.1, 0.15) is 33.9 Å². The molecule has 2 aromatic rings. The van der Waals surface area contributed by atoms with Crippen LogP contribution in [0.4, 0.5) is 5.69 Å². The van der Waals surface area contributed by atoms with E-state index in [-0.39, 0.29) is 6.04 Å². The Kier molecular flexibility index (Phi) is 4.04. The Morgan fingerprint density at radius 3 is 2.64 bits per heavy atom. The van der Waals surface area contributed by atoms with E-state index in [0.29, 0.717) is 0 Å². The normalized spacial score (nSPS) is 17.0. The van der Waals surface area contributed by atoms with Gasteiger partial charge in [-0.2, -0.15) is 0 Å². The predicted molar refractivity (Wildman–Crippen MR) is 95.6 cm³/mol. The van der Waals surface area contributed by atoms with E-state index < -0.39 is 0 Å². The third-order valence-electron chi connectivity index (χ3n) is 4.64. The van der Waals surface area contributed by atoms with E-state index in [2.05, 4.69) is 74.2 Å². The van der Waals surface area contributed by atoms with Crippen LogP contribution in [-0.2, 0) is 6.42 Å². The summed E-state index contributed by atoms with van der Waals surface area (Å²) in [5.74, 6) is 0. The average molecular weight is 292 g/mol. The van der Waals surface area contributed by atoms with E-state index in [1.807, 2.05) is 6.08 Å². The van der Waals surface area contributed by atoms with Crippen LogP contribution in [-0.4, -0.2) is 20.6 Å². The van der Waals surface area contributed by atoms with Crippen LogP contribution in [0, 0.1) is 6.92 Å². The average Bonchev–Trinajstić information content (AvgIpc) is 2.54. The molecule has 1 aliphatic rings. The number of fused-ring (bicyclic) bond motifs is 1. The highest BCUT2D eigenvalue weighted by atomic mass is 15.1. The molecule has 1 unspecified atom stereocenters. The molecule has 0 saturated carbocycles. The number of hydrogen-bond acceptors (Lipinski definition) is 2.